The fourth-order valence-corrected chi connectivity index (χ4v) is 4.39. The number of hydrogen-bond acceptors (Lipinski definition) is 6. The van der Waals surface area contributed by atoms with Gasteiger partial charge in [0.1, 0.15) is 11.7 Å². The van der Waals surface area contributed by atoms with Gasteiger partial charge in [-0.25, -0.2) is 0 Å². The number of amides is 2. The molecular weight excluding hydrogens is 418 g/mol. The van der Waals surface area contributed by atoms with E-state index in [1.165, 1.54) is 13.8 Å². The van der Waals surface area contributed by atoms with Gasteiger partial charge in [-0.2, -0.15) is 5.26 Å². The number of aromatic nitrogens is 1. The molecular formula is C25H29N5O3. The van der Waals surface area contributed by atoms with Gasteiger partial charge in [0.15, 0.2) is 0 Å². The molecule has 8 heteroatoms. The molecule has 2 aliphatic heterocycles. The van der Waals surface area contributed by atoms with Gasteiger partial charge >= 0.3 is 0 Å². The summed E-state index contributed by atoms with van der Waals surface area (Å²) in [6.45, 7) is 5.50. The first-order valence-corrected chi connectivity index (χ1v) is 11.3. The molecule has 8 nitrogen and oxygen atoms in total. The zero-order valence-electron chi connectivity index (χ0n) is 19.0. The maximum atomic E-state index is 13.3. The Balaban J connectivity index is 1.53. The Labute approximate surface area is 193 Å². The lowest BCUT2D eigenvalue weighted by atomic mass is 9.88. The predicted octanol–water partition coefficient (Wildman–Crippen LogP) is 2.31. The van der Waals surface area contributed by atoms with Crippen molar-refractivity contribution >= 4 is 23.2 Å². The molecule has 3 heterocycles. The van der Waals surface area contributed by atoms with Gasteiger partial charge in [-0.3, -0.25) is 19.5 Å². The second-order valence-corrected chi connectivity index (χ2v) is 9.25. The second kappa shape index (κ2) is 9.30. The topological polar surface area (TPSA) is 110 Å². The molecule has 0 bridgehead atoms. The number of likely N-dealkylation sites (tertiary alicyclic amines) is 1. The van der Waals surface area contributed by atoms with E-state index < -0.39 is 5.60 Å². The zero-order valence-corrected chi connectivity index (χ0v) is 19.0. The molecule has 2 fully saturated rings. The molecule has 0 spiro atoms. The summed E-state index contributed by atoms with van der Waals surface area (Å²) >= 11 is 0. The van der Waals surface area contributed by atoms with Crippen molar-refractivity contribution in [3.8, 4) is 6.07 Å². The van der Waals surface area contributed by atoms with Gasteiger partial charge in [0.05, 0.1) is 23.4 Å². The lowest BCUT2D eigenvalue weighted by Crippen LogP contribution is -2.51. The van der Waals surface area contributed by atoms with Crippen LogP contribution in [0.5, 0.6) is 0 Å². The lowest BCUT2D eigenvalue weighted by Gasteiger charge is -2.35. The monoisotopic (exact) mass is 447 g/mol. The predicted molar refractivity (Wildman–Crippen MR) is 124 cm³/mol. The Morgan fingerprint density at radius 1 is 1.18 bits per heavy atom. The summed E-state index contributed by atoms with van der Waals surface area (Å²) in [6.07, 6.45) is 4.75. The normalized spacial score (nSPS) is 17.2. The summed E-state index contributed by atoms with van der Waals surface area (Å²) in [6, 6.07) is 11.7. The highest BCUT2D eigenvalue weighted by Crippen LogP contribution is 2.34. The summed E-state index contributed by atoms with van der Waals surface area (Å²) in [7, 11) is 0. The van der Waals surface area contributed by atoms with Gasteiger partial charge in [-0.1, -0.05) is 12.1 Å². The number of piperidine rings is 1. The van der Waals surface area contributed by atoms with Crippen molar-refractivity contribution in [3.05, 3.63) is 53.9 Å². The molecule has 172 valence electrons. The number of nitrogens with zero attached hydrogens (tertiary/aromatic N) is 4. The highest BCUT2D eigenvalue weighted by Gasteiger charge is 2.34. The molecule has 2 saturated heterocycles. The molecule has 33 heavy (non-hydrogen) atoms. The molecule has 2 N–H and O–H groups in total. The quantitative estimate of drug-likeness (QED) is 0.728. The number of nitriles is 1. The first-order chi connectivity index (χ1) is 15.8. The average Bonchev–Trinajstić information content (AvgIpc) is 2.78. The Bertz CT molecular complexity index is 1060. The van der Waals surface area contributed by atoms with Gasteiger partial charge < -0.3 is 15.3 Å². The Morgan fingerprint density at radius 2 is 1.85 bits per heavy atom. The van der Waals surface area contributed by atoms with E-state index >= 15 is 0 Å². The summed E-state index contributed by atoms with van der Waals surface area (Å²) in [5.74, 6) is -0.114. The van der Waals surface area contributed by atoms with Gasteiger partial charge in [-0.05, 0) is 56.4 Å². The van der Waals surface area contributed by atoms with Crippen molar-refractivity contribution in [1.29, 1.82) is 5.26 Å². The Kier molecular flexibility index (Phi) is 6.45. The smallest absolute Gasteiger partial charge is 0.253 e. The number of nitrogens with one attached hydrogen (secondary N) is 1. The van der Waals surface area contributed by atoms with E-state index in [2.05, 4.69) is 16.4 Å². The van der Waals surface area contributed by atoms with E-state index in [0.717, 1.165) is 18.4 Å². The van der Waals surface area contributed by atoms with Crippen molar-refractivity contribution in [1.82, 2.24) is 15.2 Å². The van der Waals surface area contributed by atoms with Gasteiger partial charge in [-0.15, -0.1) is 0 Å². The Hall–Kier alpha value is -3.28. The largest absolute Gasteiger partial charge is 0.381 e. The maximum Gasteiger partial charge on any atom is 0.253 e. The molecule has 0 radical (unpaired) electrons. The van der Waals surface area contributed by atoms with E-state index in [-0.39, 0.29) is 17.7 Å². The van der Waals surface area contributed by atoms with Crippen LogP contribution in [0.4, 0.5) is 11.4 Å². The maximum absolute atomic E-state index is 13.3. The lowest BCUT2D eigenvalue weighted by molar-refractivity contribution is -0.148. The second-order valence-electron chi connectivity index (χ2n) is 9.25. The van der Waals surface area contributed by atoms with E-state index in [4.69, 9.17) is 0 Å². The molecule has 2 amide bonds. The van der Waals surface area contributed by atoms with E-state index in [9.17, 15) is 20.0 Å². The van der Waals surface area contributed by atoms with Crippen LogP contribution in [0.3, 0.4) is 0 Å². The number of hydrogen-bond donors (Lipinski definition) is 2. The number of aliphatic hydroxyl groups is 1. The standard InChI is InChI=1S/C25H29N5O3/c1-25(2,33)24(32)29-11-8-18(9-12-29)17-3-5-21(6-4-17)30(23(31)20-14-28-15-20)22-16-27-10-7-19(22)13-26/h3-7,10,16,18,20,28,33H,8-9,11-12,14-15H2,1-2H3. The van der Waals surface area contributed by atoms with Crippen molar-refractivity contribution in [2.75, 3.05) is 31.1 Å². The Morgan fingerprint density at radius 3 is 2.39 bits per heavy atom. The number of carbonyl (C=O) groups excluding carboxylic acids is 2. The van der Waals surface area contributed by atoms with Crippen LogP contribution in [-0.2, 0) is 9.59 Å². The molecule has 1 aromatic carbocycles. The first-order valence-electron chi connectivity index (χ1n) is 11.3. The third-order valence-electron chi connectivity index (χ3n) is 6.44. The first kappa shape index (κ1) is 22.9. The molecule has 1 aromatic heterocycles. The van der Waals surface area contributed by atoms with Crippen LogP contribution in [0.1, 0.15) is 43.7 Å². The van der Waals surface area contributed by atoms with Crippen LogP contribution in [0.25, 0.3) is 0 Å². The molecule has 2 aromatic rings. The number of anilines is 2. The fourth-order valence-electron chi connectivity index (χ4n) is 4.39. The van der Waals surface area contributed by atoms with Crippen LogP contribution < -0.4 is 10.2 Å². The zero-order chi connectivity index (χ0) is 23.6. The SMILES string of the molecule is CC(C)(O)C(=O)N1CCC(c2ccc(N(C(=O)C3CNC3)c3cnccc3C#N)cc2)CC1. The van der Waals surface area contributed by atoms with E-state index in [1.54, 1.807) is 28.3 Å². The molecule has 0 unspecified atom stereocenters. The van der Waals surface area contributed by atoms with Crippen LogP contribution >= 0.6 is 0 Å². The summed E-state index contributed by atoms with van der Waals surface area (Å²) in [4.78, 5) is 33.0. The van der Waals surface area contributed by atoms with Crippen LogP contribution in [0.2, 0.25) is 0 Å². The summed E-state index contributed by atoms with van der Waals surface area (Å²) in [5, 5.41) is 22.7. The minimum absolute atomic E-state index is 0.0514. The van der Waals surface area contributed by atoms with Crippen LogP contribution in [-0.4, -0.2) is 58.6 Å². The third kappa shape index (κ3) is 4.75. The van der Waals surface area contributed by atoms with Crippen LogP contribution in [0, 0.1) is 17.2 Å². The van der Waals surface area contributed by atoms with E-state index in [0.29, 0.717) is 49.0 Å². The van der Waals surface area contributed by atoms with Gasteiger partial charge in [0.25, 0.3) is 5.91 Å². The number of carbonyl (C=O) groups is 2. The van der Waals surface area contributed by atoms with Crippen molar-refractivity contribution in [2.24, 2.45) is 5.92 Å². The molecule has 0 aliphatic carbocycles. The van der Waals surface area contributed by atoms with E-state index in [1.807, 2.05) is 24.3 Å². The number of pyridine rings is 1. The summed E-state index contributed by atoms with van der Waals surface area (Å²) < 4.78 is 0. The summed E-state index contributed by atoms with van der Waals surface area (Å²) in [5.41, 5.74) is 1.39. The highest BCUT2D eigenvalue weighted by molar-refractivity contribution is 6.03. The number of rotatable bonds is 5. The molecule has 4 rings (SSSR count). The minimum atomic E-state index is -1.35. The molecule has 0 saturated carbocycles. The van der Waals surface area contributed by atoms with Crippen molar-refractivity contribution in [3.63, 3.8) is 0 Å². The van der Waals surface area contributed by atoms with Crippen molar-refractivity contribution < 1.29 is 14.7 Å². The average molecular weight is 448 g/mol. The minimum Gasteiger partial charge on any atom is -0.381 e. The molecule has 0 atom stereocenters. The number of benzene rings is 1. The van der Waals surface area contributed by atoms with Gasteiger partial charge in [0, 0.05) is 38.1 Å². The fraction of sp³-hybridized carbons (Fsp3) is 0.440. The highest BCUT2D eigenvalue weighted by atomic mass is 16.3. The van der Waals surface area contributed by atoms with Crippen LogP contribution in [0.15, 0.2) is 42.7 Å². The molecule has 2 aliphatic rings. The van der Waals surface area contributed by atoms with Gasteiger partial charge in [0.2, 0.25) is 5.91 Å². The van der Waals surface area contributed by atoms with Crippen molar-refractivity contribution in [2.45, 2.75) is 38.2 Å². The third-order valence-corrected chi connectivity index (χ3v) is 6.44.